The largest absolute Gasteiger partial charge is 0.355 e. The van der Waals surface area contributed by atoms with Crippen molar-refractivity contribution in [3.05, 3.63) is 40.4 Å². The number of nitrogens with one attached hydrogen (secondary N) is 2. The number of carbonyl (C=O) groups excluding carboxylic acids is 1. The zero-order chi connectivity index (χ0) is 15.9. The van der Waals surface area contributed by atoms with E-state index in [1.807, 2.05) is 36.9 Å². The quantitative estimate of drug-likeness (QED) is 0.807. The molecule has 6 heteroatoms. The number of carbonyl (C=O) groups is 1. The third-order valence-corrected chi connectivity index (χ3v) is 3.42. The van der Waals surface area contributed by atoms with Gasteiger partial charge in [-0.2, -0.15) is 0 Å². The van der Waals surface area contributed by atoms with Crippen molar-refractivity contribution in [2.24, 2.45) is 0 Å². The molecule has 0 unspecified atom stereocenters. The molecule has 1 heterocycles. The first-order chi connectivity index (χ1) is 10.6. The van der Waals surface area contributed by atoms with Crippen LogP contribution in [-0.2, 0) is 11.3 Å². The molecule has 1 aromatic heterocycles. The SMILES string of the molecule is CCCNC(=O)CN(CC)Cc1nc2ccccc2c(=O)[nH]1. The number of para-hydroxylation sites is 1. The standard InChI is InChI=1S/C16H22N4O2/c1-3-9-17-15(21)11-20(4-2)10-14-18-13-8-6-5-7-12(13)16(22)19-14/h5-8H,3-4,9-11H2,1-2H3,(H,17,21)(H,18,19,22). The van der Waals surface area contributed by atoms with Gasteiger partial charge >= 0.3 is 0 Å². The van der Waals surface area contributed by atoms with Crippen LogP contribution in [0.2, 0.25) is 0 Å². The van der Waals surface area contributed by atoms with Gasteiger partial charge in [0.2, 0.25) is 5.91 Å². The second-order valence-corrected chi connectivity index (χ2v) is 5.18. The van der Waals surface area contributed by atoms with Crippen LogP contribution >= 0.6 is 0 Å². The maximum absolute atomic E-state index is 12.0. The van der Waals surface area contributed by atoms with Gasteiger partial charge in [0.05, 0.1) is 24.0 Å². The molecule has 0 spiro atoms. The van der Waals surface area contributed by atoms with Gasteiger partial charge in [0.1, 0.15) is 5.82 Å². The Morgan fingerprint density at radius 2 is 2.09 bits per heavy atom. The Balaban J connectivity index is 2.11. The van der Waals surface area contributed by atoms with E-state index >= 15 is 0 Å². The molecule has 0 saturated heterocycles. The van der Waals surface area contributed by atoms with E-state index in [1.54, 1.807) is 6.07 Å². The van der Waals surface area contributed by atoms with Gasteiger partial charge in [-0.15, -0.1) is 0 Å². The second-order valence-electron chi connectivity index (χ2n) is 5.18. The van der Waals surface area contributed by atoms with Crippen molar-refractivity contribution in [2.45, 2.75) is 26.8 Å². The van der Waals surface area contributed by atoms with Crippen LogP contribution in [0.4, 0.5) is 0 Å². The van der Waals surface area contributed by atoms with Gasteiger partial charge < -0.3 is 10.3 Å². The molecule has 118 valence electrons. The lowest BCUT2D eigenvalue weighted by atomic mass is 10.2. The number of benzene rings is 1. The lowest BCUT2D eigenvalue weighted by Gasteiger charge is -2.19. The summed E-state index contributed by atoms with van der Waals surface area (Å²) in [6.07, 6.45) is 0.914. The third-order valence-electron chi connectivity index (χ3n) is 3.42. The fourth-order valence-corrected chi connectivity index (χ4v) is 2.22. The lowest BCUT2D eigenvalue weighted by Crippen LogP contribution is -2.37. The van der Waals surface area contributed by atoms with E-state index in [0.29, 0.717) is 42.9 Å². The zero-order valence-electron chi connectivity index (χ0n) is 13.1. The number of rotatable bonds is 7. The molecule has 6 nitrogen and oxygen atoms in total. The summed E-state index contributed by atoms with van der Waals surface area (Å²) < 4.78 is 0. The van der Waals surface area contributed by atoms with Crippen LogP contribution in [-0.4, -0.2) is 40.4 Å². The van der Waals surface area contributed by atoms with Crippen molar-refractivity contribution in [1.82, 2.24) is 20.2 Å². The van der Waals surface area contributed by atoms with Gasteiger partial charge in [-0.3, -0.25) is 14.5 Å². The number of aromatic amines is 1. The van der Waals surface area contributed by atoms with Gasteiger partial charge in [0.25, 0.3) is 5.56 Å². The molecule has 0 aliphatic rings. The summed E-state index contributed by atoms with van der Waals surface area (Å²) in [5, 5.41) is 3.43. The average Bonchev–Trinajstić information content (AvgIpc) is 2.52. The van der Waals surface area contributed by atoms with Crippen molar-refractivity contribution >= 4 is 16.8 Å². The van der Waals surface area contributed by atoms with Crippen molar-refractivity contribution < 1.29 is 4.79 Å². The highest BCUT2D eigenvalue weighted by molar-refractivity contribution is 5.78. The van der Waals surface area contributed by atoms with Crippen LogP contribution in [0, 0.1) is 0 Å². The molecule has 2 rings (SSSR count). The first kappa shape index (κ1) is 16.2. The minimum absolute atomic E-state index is 0.00756. The first-order valence-corrected chi connectivity index (χ1v) is 7.61. The Labute approximate surface area is 129 Å². The smallest absolute Gasteiger partial charge is 0.258 e. The number of H-pyrrole nitrogens is 1. The number of nitrogens with zero attached hydrogens (tertiary/aromatic N) is 2. The van der Waals surface area contributed by atoms with Gasteiger partial charge in [-0.05, 0) is 25.1 Å². The Morgan fingerprint density at radius 1 is 1.32 bits per heavy atom. The number of likely N-dealkylation sites (N-methyl/N-ethyl adjacent to an activating group) is 1. The van der Waals surface area contributed by atoms with Gasteiger partial charge in [0.15, 0.2) is 0 Å². The Hall–Kier alpha value is -2.21. The number of hydrogen-bond donors (Lipinski definition) is 2. The Morgan fingerprint density at radius 3 is 2.82 bits per heavy atom. The zero-order valence-corrected chi connectivity index (χ0v) is 13.1. The molecule has 0 bridgehead atoms. The molecular weight excluding hydrogens is 280 g/mol. The summed E-state index contributed by atoms with van der Waals surface area (Å²) in [6, 6.07) is 7.24. The summed E-state index contributed by atoms with van der Waals surface area (Å²) in [5.41, 5.74) is 0.528. The fraction of sp³-hybridized carbons (Fsp3) is 0.438. The topological polar surface area (TPSA) is 78.1 Å². The van der Waals surface area contributed by atoms with E-state index < -0.39 is 0 Å². The monoisotopic (exact) mass is 302 g/mol. The minimum Gasteiger partial charge on any atom is -0.355 e. The van der Waals surface area contributed by atoms with Crippen LogP contribution in [0.5, 0.6) is 0 Å². The van der Waals surface area contributed by atoms with Crippen LogP contribution in [0.25, 0.3) is 10.9 Å². The van der Waals surface area contributed by atoms with E-state index in [9.17, 15) is 9.59 Å². The number of aromatic nitrogens is 2. The van der Waals surface area contributed by atoms with E-state index in [1.165, 1.54) is 0 Å². The average molecular weight is 302 g/mol. The van der Waals surface area contributed by atoms with Crippen molar-refractivity contribution in [3.8, 4) is 0 Å². The third kappa shape index (κ3) is 4.14. The summed E-state index contributed by atoms with van der Waals surface area (Å²) in [6.45, 7) is 6.12. The molecule has 0 aliphatic carbocycles. The molecular formula is C16H22N4O2. The predicted octanol–water partition coefficient (Wildman–Crippen LogP) is 1.27. The van der Waals surface area contributed by atoms with Gasteiger partial charge in [-0.1, -0.05) is 26.0 Å². The van der Waals surface area contributed by atoms with Crippen LogP contribution in [0.15, 0.2) is 29.1 Å². The fourth-order valence-electron chi connectivity index (χ4n) is 2.22. The Bertz CT molecular complexity index is 696. The van der Waals surface area contributed by atoms with Crippen molar-refractivity contribution in [1.29, 1.82) is 0 Å². The highest BCUT2D eigenvalue weighted by Gasteiger charge is 2.11. The molecule has 22 heavy (non-hydrogen) atoms. The van der Waals surface area contributed by atoms with Crippen LogP contribution in [0.3, 0.4) is 0 Å². The normalized spacial score (nSPS) is 11.0. The molecule has 0 fully saturated rings. The van der Waals surface area contributed by atoms with E-state index in [0.717, 1.165) is 6.42 Å². The highest BCUT2D eigenvalue weighted by Crippen LogP contribution is 2.07. The molecule has 0 aliphatic heterocycles. The summed E-state index contributed by atoms with van der Waals surface area (Å²) in [7, 11) is 0. The lowest BCUT2D eigenvalue weighted by molar-refractivity contribution is -0.122. The van der Waals surface area contributed by atoms with E-state index in [2.05, 4.69) is 15.3 Å². The summed E-state index contributed by atoms with van der Waals surface area (Å²) >= 11 is 0. The number of fused-ring (bicyclic) bond motifs is 1. The number of amides is 1. The van der Waals surface area contributed by atoms with E-state index in [4.69, 9.17) is 0 Å². The molecule has 0 saturated carbocycles. The Kier molecular flexibility index (Phi) is 5.66. The minimum atomic E-state index is -0.146. The molecule has 1 amide bonds. The second kappa shape index (κ2) is 7.70. The number of hydrogen-bond acceptors (Lipinski definition) is 4. The molecule has 0 radical (unpaired) electrons. The molecule has 2 N–H and O–H groups in total. The predicted molar refractivity (Wildman–Crippen MR) is 86.6 cm³/mol. The summed E-state index contributed by atoms with van der Waals surface area (Å²) in [4.78, 5) is 33.0. The highest BCUT2D eigenvalue weighted by atomic mass is 16.2. The van der Waals surface area contributed by atoms with Crippen LogP contribution in [0.1, 0.15) is 26.1 Å². The summed E-state index contributed by atoms with van der Waals surface area (Å²) in [5.74, 6) is 0.570. The molecule has 1 aromatic carbocycles. The van der Waals surface area contributed by atoms with E-state index in [-0.39, 0.29) is 11.5 Å². The van der Waals surface area contributed by atoms with Gasteiger partial charge in [-0.25, -0.2) is 4.98 Å². The van der Waals surface area contributed by atoms with Crippen LogP contribution < -0.4 is 10.9 Å². The maximum atomic E-state index is 12.0. The van der Waals surface area contributed by atoms with Crippen molar-refractivity contribution in [3.63, 3.8) is 0 Å². The first-order valence-electron chi connectivity index (χ1n) is 7.61. The van der Waals surface area contributed by atoms with Crippen molar-refractivity contribution in [2.75, 3.05) is 19.6 Å². The molecule has 0 atom stereocenters. The maximum Gasteiger partial charge on any atom is 0.258 e. The molecule has 2 aromatic rings. The van der Waals surface area contributed by atoms with Gasteiger partial charge in [0, 0.05) is 6.54 Å².